The minimum absolute atomic E-state index is 0.0681. The van der Waals surface area contributed by atoms with Gasteiger partial charge in [-0.25, -0.2) is 0 Å². The highest BCUT2D eigenvalue weighted by molar-refractivity contribution is 9.10. The number of benzene rings is 4. The Hall–Kier alpha value is -3.62. The van der Waals surface area contributed by atoms with Crippen LogP contribution < -0.4 is 20.1 Å². The lowest BCUT2D eigenvalue weighted by molar-refractivity contribution is -0.118. The lowest BCUT2D eigenvalue weighted by Gasteiger charge is -2.14. The molecule has 0 aliphatic heterocycles. The SMILES string of the molecule is CC(C)c1cc(Br)ccc1OCC(=O)Nc1ccc(Cc2ccc(NC(=O)COc3ccc(Br)cc3C(C)C)cc2)cc1. The third-order valence-electron chi connectivity index (χ3n) is 6.79. The Labute approximate surface area is 270 Å². The zero-order valence-corrected chi connectivity index (χ0v) is 27.9. The summed E-state index contributed by atoms with van der Waals surface area (Å²) in [6.07, 6.45) is 0.720. The van der Waals surface area contributed by atoms with Gasteiger partial charge in [-0.15, -0.1) is 0 Å². The van der Waals surface area contributed by atoms with Crippen LogP contribution in [0.3, 0.4) is 0 Å². The molecule has 0 heterocycles. The van der Waals surface area contributed by atoms with Crippen molar-refractivity contribution in [1.29, 1.82) is 0 Å². The summed E-state index contributed by atoms with van der Waals surface area (Å²) in [4.78, 5) is 25.0. The number of hydrogen-bond donors (Lipinski definition) is 2. The second kappa shape index (κ2) is 15.2. The molecule has 4 rings (SSSR count). The van der Waals surface area contributed by atoms with Gasteiger partial charge in [0.2, 0.25) is 0 Å². The van der Waals surface area contributed by atoms with Crippen LogP contribution in [0.5, 0.6) is 11.5 Å². The largest absolute Gasteiger partial charge is 0.483 e. The van der Waals surface area contributed by atoms with Gasteiger partial charge >= 0.3 is 0 Å². The molecular formula is C35H36Br2N2O4. The third kappa shape index (κ3) is 9.70. The van der Waals surface area contributed by atoms with Crippen LogP contribution >= 0.6 is 31.9 Å². The van der Waals surface area contributed by atoms with Gasteiger partial charge in [-0.1, -0.05) is 83.8 Å². The summed E-state index contributed by atoms with van der Waals surface area (Å²) in [5.41, 5.74) is 5.72. The van der Waals surface area contributed by atoms with Gasteiger partial charge in [0.25, 0.3) is 11.8 Å². The Bertz CT molecular complexity index is 1430. The van der Waals surface area contributed by atoms with Crippen molar-refractivity contribution in [3.63, 3.8) is 0 Å². The molecule has 8 heteroatoms. The summed E-state index contributed by atoms with van der Waals surface area (Å²) in [7, 11) is 0. The van der Waals surface area contributed by atoms with E-state index in [1.54, 1.807) is 0 Å². The summed E-state index contributed by atoms with van der Waals surface area (Å²) in [5.74, 6) is 1.54. The van der Waals surface area contributed by atoms with Crippen LogP contribution in [0.2, 0.25) is 0 Å². The summed E-state index contributed by atoms with van der Waals surface area (Å²) in [6.45, 7) is 8.23. The maximum absolute atomic E-state index is 12.5. The zero-order chi connectivity index (χ0) is 30.9. The number of amides is 2. The van der Waals surface area contributed by atoms with Gasteiger partial charge in [-0.05, 0) is 101 Å². The molecule has 4 aromatic carbocycles. The molecule has 0 aromatic heterocycles. The van der Waals surface area contributed by atoms with Crippen LogP contribution in [0, 0.1) is 0 Å². The van der Waals surface area contributed by atoms with Crippen molar-refractivity contribution >= 4 is 55.0 Å². The van der Waals surface area contributed by atoms with E-state index in [-0.39, 0.29) is 36.9 Å². The Morgan fingerprint density at radius 2 is 0.977 bits per heavy atom. The Morgan fingerprint density at radius 1 is 0.605 bits per heavy atom. The highest BCUT2D eigenvalue weighted by Gasteiger charge is 2.12. The van der Waals surface area contributed by atoms with Crippen molar-refractivity contribution in [3.05, 3.63) is 116 Å². The van der Waals surface area contributed by atoms with Gasteiger partial charge in [0, 0.05) is 20.3 Å². The molecule has 4 aromatic rings. The molecule has 6 nitrogen and oxygen atoms in total. The summed E-state index contributed by atoms with van der Waals surface area (Å²) >= 11 is 6.98. The summed E-state index contributed by atoms with van der Waals surface area (Å²) in [6, 6.07) is 27.1. The van der Waals surface area contributed by atoms with Gasteiger partial charge in [-0.3, -0.25) is 9.59 Å². The summed E-state index contributed by atoms with van der Waals surface area (Å²) < 4.78 is 13.6. The quantitative estimate of drug-likeness (QED) is 0.154. The fraction of sp³-hybridized carbons (Fsp3) is 0.257. The van der Waals surface area contributed by atoms with E-state index in [1.165, 1.54) is 0 Å². The van der Waals surface area contributed by atoms with Crippen LogP contribution in [0.15, 0.2) is 93.9 Å². The van der Waals surface area contributed by atoms with Gasteiger partial charge in [0.15, 0.2) is 13.2 Å². The van der Waals surface area contributed by atoms with Crippen LogP contribution in [-0.4, -0.2) is 25.0 Å². The molecule has 2 N–H and O–H groups in total. The molecule has 224 valence electrons. The van der Waals surface area contributed by atoms with E-state index in [0.29, 0.717) is 22.9 Å². The average Bonchev–Trinajstić information content (AvgIpc) is 2.97. The fourth-order valence-electron chi connectivity index (χ4n) is 4.53. The fourth-order valence-corrected chi connectivity index (χ4v) is 5.29. The molecule has 0 radical (unpaired) electrons. The zero-order valence-electron chi connectivity index (χ0n) is 24.7. The minimum atomic E-state index is -0.217. The van der Waals surface area contributed by atoms with Crippen molar-refractivity contribution in [2.24, 2.45) is 0 Å². The first-order valence-corrected chi connectivity index (χ1v) is 15.8. The van der Waals surface area contributed by atoms with Crippen LogP contribution in [0.25, 0.3) is 0 Å². The average molecular weight is 708 g/mol. The molecule has 43 heavy (non-hydrogen) atoms. The smallest absolute Gasteiger partial charge is 0.262 e. The lowest BCUT2D eigenvalue weighted by atomic mass is 10.0. The monoisotopic (exact) mass is 706 g/mol. The van der Waals surface area contributed by atoms with E-state index in [2.05, 4.69) is 70.2 Å². The standard InChI is InChI=1S/C35H36Br2N2O4/c1-22(2)30-18-26(36)9-15-32(30)42-20-34(40)38-28-11-5-24(6-12-28)17-25-7-13-29(14-8-25)39-35(41)21-43-33-16-10-27(37)19-31(33)23(3)4/h5-16,18-19,22-23H,17,20-21H2,1-4H3,(H,38,40)(H,39,41). The van der Waals surface area contributed by atoms with Crippen molar-refractivity contribution in [1.82, 2.24) is 0 Å². The molecule has 0 saturated heterocycles. The third-order valence-corrected chi connectivity index (χ3v) is 7.78. The van der Waals surface area contributed by atoms with Crippen molar-refractivity contribution in [2.45, 2.75) is 46.0 Å². The van der Waals surface area contributed by atoms with E-state index in [0.717, 1.165) is 37.6 Å². The predicted molar refractivity (Wildman–Crippen MR) is 180 cm³/mol. The van der Waals surface area contributed by atoms with Gasteiger partial charge in [0.05, 0.1) is 0 Å². The van der Waals surface area contributed by atoms with Crippen LogP contribution in [-0.2, 0) is 16.0 Å². The Morgan fingerprint density at radius 3 is 1.33 bits per heavy atom. The number of carbonyl (C=O) groups excluding carboxylic acids is 2. The lowest BCUT2D eigenvalue weighted by Crippen LogP contribution is -2.20. The van der Waals surface area contributed by atoms with Gasteiger partial charge in [0.1, 0.15) is 11.5 Å². The number of anilines is 2. The predicted octanol–water partition coefficient (Wildman–Crippen LogP) is 9.08. The molecule has 2 amide bonds. The number of halogens is 2. The number of nitrogens with one attached hydrogen (secondary N) is 2. The molecule has 0 fully saturated rings. The molecule has 0 aliphatic rings. The highest BCUT2D eigenvalue weighted by atomic mass is 79.9. The van der Waals surface area contributed by atoms with Crippen molar-refractivity contribution in [3.8, 4) is 11.5 Å². The topological polar surface area (TPSA) is 76.7 Å². The first kappa shape index (κ1) is 32.3. The second-order valence-electron chi connectivity index (χ2n) is 10.9. The van der Waals surface area contributed by atoms with E-state index in [1.807, 2.05) is 84.9 Å². The van der Waals surface area contributed by atoms with E-state index in [9.17, 15) is 9.59 Å². The number of hydrogen-bond acceptors (Lipinski definition) is 4. The number of carbonyl (C=O) groups is 2. The van der Waals surface area contributed by atoms with Crippen molar-refractivity contribution < 1.29 is 19.1 Å². The number of ether oxygens (including phenoxy) is 2. The van der Waals surface area contributed by atoms with Crippen LogP contribution in [0.1, 0.15) is 61.8 Å². The van der Waals surface area contributed by atoms with Crippen molar-refractivity contribution in [2.75, 3.05) is 23.8 Å². The van der Waals surface area contributed by atoms with E-state index in [4.69, 9.17) is 9.47 Å². The maximum atomic E-state index is 12.5. The highest BCUT2D eigenvalue weighted by Crippen LogP contribution is 2.30. The number of rotatable bonds is 12. The molecular weight excluding hydrogens is 672 g/mol. The van der Waals surface area contributed by atoms with Gasteiger partial charge in [-0.2, -0.15) is 0 Å². The molecule has 0 aliphatic carbocycles. The molecule has 0 unspecified atom stereocenters. The van der Waals surface area contributed by atoms with E-state index >= 15 is 0 Å². The first-order chi connectivity index (χ1) is 20.6. The normalized spacial score (nSPS) is 11.0. The maximum Gasteiger partial charge on any atom is 0.262 e. The van der Waals surface area contributed by atoms with Gasteiger partial charge < -0.3 is 20.1 Å². The second-order valence-corrected chi connectivity index (χ2v) is 12.7. The van der Waals surface area contributed by atoms with Crippen LogP contribution in [0.4, 0.5) is 11.4 Å². The minimum Gasteiger partial charge on any atom is -0.483 e. The Balaban J connectivity index is 1.24. The Kier molecular flexibility index (Phi) is 11.4. The molecule has 0 spiro atoms. The first-order valence-electron chi connectivity index (χ1n) is 14.2. The molecule has 0 bridgehead atoms. The summed E-state index contributed by atoms with van der Waals surface area (Å²) in [5, 5.41) is 5.79. The molecule has 0 saturated carbocycles. The molecule has 0 atom stereocenters. The van der Waals surface area contributed by atoms with E-state index < -0.39 is 0 Å².